The van der Waals surface area contributed by atoms with Gasteiger partial charge < -0.3 is 4.74 Å². The topological polar surface area (TPSA) is 26.3 Å². The lowest BCUT2D eigenvalue weighted by atomic mass is 10.0. The summed E-state index contributed by atoms with van der Waals surface area (Å²) >= 11 is 0. The minimum atomic E-state index is -0.183. The molecule has 0 unspecified atom stereocenters. The maximum atomic E-state index is 10.9. The molecule has 100 valence electrons. The smallest absolute Gasteiger partial charge is 0.302 e. The Morgan fingerprint density at radius 3 is 2.94 bits per heavy atom. The summed E-state index contributed by atoms with van der Waals surface area (Å²) in [6.45, 7) is 6.68. The van der Waals surface area contributed by atoms with Gasteiger partial charge in [-0.2, -0.15) is 0 Å². The molecule has 2 heteroatoms. The van der Waals surface area contributed by atoms with E-state index in [9.17, 15) is 4.79 Å². The SMILES string of the molecule is CC(=O)OCC1=CCCC=C[C@H]2[C@@H](CC1)C2(C)C. The van der Waals surface area contributed by atoms with Crippen molar-refractivity contribution in [1.29, 1.82) is 0 Å². The Morgan fingerprint density at radius 1 is 1.44 bits per heavy atom. The van der Waals surface area contributed by atoms with Gasteiger partial charge in [-0.05, 0) is 48.5 Å². The van der Waals surface area contributed by atoms with Crippen molar-refractivity contribution in [2.75, 3.05) is 6.61 Å². The number of carbonyl (C=O) groups is 1. The van der Waals surface area contributed by atoms with Gasteiger partial charge in [-0.1, -0.05) is 32.1 Å². The van der Waals surface area contributed by atoms with Crippen molar-refractivity contribution in [2.24, 2.45) is 17.3 Å². The molecule has 0 bridgehead atoms. The molecule has 2 atom stereocenters. The van der Waals surface area contributed by atoms with Crippen molar-refractivity contribution in [3.63, 3.8) is 0 Å². The molecule has 1 fully saturated rings. The molecule has 0 aromatic heterocycles. The molecule has 0 aromatic carbocycles. The first kappa shape index (κ1) is 13.4. The van der Waals surface area contributed by atoms with Crippen molar-refractivity contribution < 1.29 is 9.53 Å². The largest absolute Gasteiger partial charge is 0.461 e. The summed E-state index contributed by atoms with van der Waals surface area (Å²) < 4.78 is 5.13. The zero-order chi connectivity index (χ0) is 13.2. The Bertz CT molecular complexity index is 377. The highest BCUT2D eigenvalue weighted by Gasteiger charge is 2.54. The predicted octanol–water partition coefficient (Wildman–Crippen LogP) is 3.88. The van der Waals surface area contributed by atoms with Crippen LogP contribution in [0.25, 0.3) is 0 Å². The number of fused-ring (bicyclic) bond motifs is 1. The maximum Gasteiger partial charge on any atom is 0.302 e. The molecule has 2 nitrogen and oxygen atoms in total. The Morgan fingerprint density at radius 2 is 2.22 bits per heavy atom. The Balaban J connectivity index is 1.95. The van der Waals surface area contributed by atoms with Crippen LogP contribution in [-0.4, -0.2) is 12.6 Å². The third-order valence-corrected chi connectivity index (χ3v) is 4.49. The van der Waals surface area contributed by atoms with Gasteiger partial charge >= 0.3 is 5.97 Å². The van der Waals surface area contributed by atoms with Crippen LogP contribution in [0.1, 0.15) is 46.5 Å². The average Bonchev–Trinajstić information content (AvgIpc) is 2.84. The second kappa shape index (κ2) is 5.29. The molecule has 0 spiro atoms. The van der Waals surface area contributed by atoms with E-state index in [0.29, 0.717) is 12.0 Å². The van der Waals surface area contributed by atoms with Gasteiger partial charge in [-0.15, -0.1) is 0 Å². The van der Waals surface area contributed by atoms with Gasteiger partial charge in [0.1, 0.15) is 6.61 Å². The fourth-order valence-corrected chi connectivity index (χ4v) is 3.12. The second-order valence-corrected chi connectivity index (χ2v) is 6.14. The number of esters is 1. The van der Waals surface area contributed by atoms with Gasteiger partial charge in [0.05, 0.1) is 0 Å². The maximum absolute atomic E-state index is 10.9. The van der Waals surface area contributed by atoms with Crippen molar-refractivity contribution in [2.45, 2.75) is 46.5 Å². The molecule has 2 aliphatic carbocycles. The third-order valence-electron chi connectivity index (χ3n) is 4.49. The molecular weight excluding hydrogens is 224 g/mol. The molecule has 1 saturated carbocycles. The highest BCUT2D eigenvalue weighted by molar-refractivity contribution is 5.66. The molecule has 0 saturated heterocycles. The normalized spacial score (nSPS) is 30.1. The molecule has 0 radical (unpaired) electrons. The van der Waals surface area contributed by atoms with Gasteiger partial charge in [0.2, 0.25) is 0 Å². The average molecular weight is 248 g/mol. The number of hydrogen-bond acceptors (Lipinski definition) is 2. The van der Waals surface area contributed by atoms with Crippen LogP contribution < -0.4 is 0 Å². The Kier molecular flexibility index (Phi) is 3.94. The minimum absolute atomic E-state index is 0.183. The number of allylic oxidation sites excluding steroid dienone is 3. The van der Waals surface area contributed by atoms with E-state index >= 15 is 0 Å². The van der Waals surface area contributed by atoms with Crippen LogP contribution in [0.2, 0.25) is 0 Å². The molecular formula is C16H24O2. The number of hydrogen-bond donors (Lipinski definition) is 0. The van der Waals surface area contributed by atoms with E-state index in [1.165, 1.54) is 18.9 Å². The van der Waals surface area contributed by atoms with Crippen LogP contribution in [-0.2, 0) is 9.53 Å². The van der Waals surface area contributed by atoms with E-state index in [1.54, 1.807) is 0 Å². The van der Waals surface area contributed by atoms with Crippen molar-refractivity contribution in [1.82, 2.24) is 0 Å². The van der Waals surface area contributed by atoms with E-state index in [1.807, 2.05) is 0 Å². The second-order valence-electron chi connectivity index (χ2n) is 6.14. The first-order chi connectivity index (χ1) is 8.51. The summed E-state index contributed by atoms with van der Waals surface area (Å²) in [7, 11) is 0. The predicted molar refractivity (Wildman–Crippen MR) is 73.1 cm³/mol. The molecule has 2 aliphatic rings. The summed E-state index contributed by atoms with van der Waals surface area (Å²) in [6.07, 6.45) is 11.4. The van der Waals surface area contributed by atoms with Crippen LogP contribution in [0.3, 0.4) is 0 Å². The molecule has 0 heterocycles. The quantitative estimate of drug-likeness (QED) is 0.547. The van der Waals surface area contributed by atoms with E-state index in [-0.39, 0.29) is 5.97 Å². The van der Waals surface area contributed by atoms with E-state index in [2.05, 4.69) is 32.1 Å². The summed E-state index contributed by atoms with van der Waals surface area (Å²) in [5, 5.41) is 0. The van der Waals surface area contributed by atoms with E-state index in [4.69, 9.17) is 4.74 Å². The fourth-order valence-electron chi connectivity index (χ4n) is 3.12. The zero-order valence-electron chi connectivity index (χ0n) is 11.7. The monoisotopic (exact) mass is 248 g/mol. The molecule has 0 aromatic rings. The van der Waals surface area contributed by atoms with Crippen LogP contribution in [0.5, 0.6) is 0 Å². The lowest BCUT2D eigenvalue weighted by Gasteiger charge is -2.09. The highest BCUT2D eigenvalue weighted by atomic mass is 16.5. The van der Waals surface area contributed by atoms with E-state index < -0.39 is 0 Å². The fraction of sp³-hybridized carbons (Fsp3) is 0.688. The minimum Gasteiger partial charge on any atom is -0.461 e. The van der Waals surface area contributed by atoms with Crippen molar-refractivity contribution in [3.05, 3.63) is 23.8 Å². The first-order valence-electron chi connectivity index (χ1n) is 6.99. The van der Waals surface area contributed by atoms with Crippen LogP contribution >= 0.6 is 0 Å². The Hall–Kier alpha value is -1.05. The van der Waals surface area contributed by atoms with Gasteiger partial charge in [0, 0.05) is 6.92 Å². The number of rotatable bonds is 2. The third kappa shape index (κ3) is 3.04. The van der Waals surface area contributed by atoms with Crippen LogP contribution in [0.15, 0.2) is 23.8 Å². The van der Waals surface area contributed by atoms with Crippen molar-refractivity contribution in [3.8, 4) is 0 Å². The van der Waals surface area contributed by atoms with Crippen molar-refractivity contribution >= 4 is 5.97 Å². The number of ether oxygens (including phenoxy) is 1. The standard InChI is InChI=1S/C16H24O2/c1-12(17)18-11-13-7-5-4-6-8-14-15(10-9-13)16(14,2)3/h6-8,14-15H,4-5,9-11H2,1-3H3/t14-,15+/m0/s1. The summed E-state index contributed by atoms with van der Waals surface area (Å²) in [5.41, 5.74) is 1.76. The molecule has 18 heavy (non-hydrogen) atoms. The Labute approximate surface area is 110 Å². The molecule has 0 amide bonds. The molecule has 0 N–H and O–H groups in total. The highest BCUT2D eigenvalue weighted by Crippen LogP contribution is 2.61. The lowest BCUT2D eigenvalue weighted by molar-refractivity contribution is -0.140. The van der Waals surface area contributed by atoms with Gasteiger partial charge in [0.15, 0.2) is 0 Å². The van der Waals surface area contributed by atoms with Gasteiger partial charge in [-0.3, -0.25) is 4.79 Å². The first-order valence-corrected chi connectivity index (χ1v) is 6.99. The van der Waals surface area contributed by atoms with E-state index in [0.717, 1.165) is 31.1 Å². The zero-order valence-corrected chi connectivity index (χ0v) is 11.7. The van der Waals surface area contributed by atoms with Gasteiger partial charge in [-0.25, -0.2) is 0 Å². The number of carbonyl (C=O) groups excluding carboxylic acids is 1. The van der Waals surface area contributed by atoms with Gasteiger partial charge in [0.25, 0.3) is 0 Å². The summed E-state index contributed by atoms with van der Waals surface area (Å²) in [4.78, 5) is 10.9. The van der Waals surface area contributed by atoms with Crippen LogP contribution in [0.4, 0.5) is 0 Å². The molecule has 2 rings (SSSR count). The summed E-state index contributed by atoms with van der Waals surface area (Å²) in [6, 6.07) is 0. The lowest BCUT2D eigenvalue weighted by Crippen LogP contribution is -2.04. The summed E-state index contributed by atoms with van der Waals surface area (Å²) in [5.74, 6) is 1.37. The molecule has 0 aliphatic heterocycles. The van der Waals surface area contributed by atoms with Crippen LogP contribution in [0, 0.1) is 17.3 Å².